The summed E-state index contributed by atoms with van der Waals surface area (Å²) >= 11 is 3.71. The van der Waals surface area contributed by atoms with Crippen molar-refractivity contribution in [1.29, 1.82) is 0 Å². The summed E-state index contributed by atoms with van der Waals surface area (Å²) in [5.41, 5.74) is 0. The molecule has 2 N–H and O–H groups in total. The average molecular weight is 151 g/mol. The fourth-order valence-electron chi connectivity index (χ4n) is 0.356. The van der Waals surface area contributed by atoms with E-state index in [4.69, 9.17) is 10.3 Å². The van der Waals surface area contributed by atoms with Crippen molar-refractivity contribution in [2.75, 3.05) is 12.8 Å². The molecule has 0 aliphatic rings. The van der Waals surface area contributed by atoms with Crippen molar-refractivity contribution >= 4 is 18.6 Å². The van der Waals surface area contributed by atoms with Crippen molar-refractivity contribution in [3.8, 4) is 0 Å². The number of thiol groups is 1. The van der Waals surface area contributed by atoms with Gasteiger partial charge in [-0.3, -0.25) is 4.79 Å². The van der Waals surface area contributed by atoms with E-state index in [2.05, 4.69) is 12.6 Å². The van der Waals surface area contributed by atoms with Gasteiger partial charge in [0.15, 0.2) is 0 Å². The van der Waals surface area contributed by atoms with Crippen molar-refractivity contribution in [1.82, 2.24) is 5.06 Å². The summed E-state index contributed by atoms with van der Waals surface area (Å²) in [7, 11) is 1.27. The lowest BCUT2D eigenvalue weighted by atomic mass is 10.3. The minimum Gasteiger partial charge on any atom is -0.480 e. The summed E-state index contributed by atoms with van der Waals surface area (Å²) in [6.45, 7) is 0. The van der Waals surface area contributed by atoms with Crippen LogP contribution in [-0.4, -0.2) is 40.2 Å². The van der Waals surface area contributed by atoms with E-state index in [-0.39, 0.29) is 5.75 Å². The predicted octanol–water partition coefficient (Wildman–Crippen LogP) is -0.310. The number of hydrogen-bond donors (Lipinski definition) is 3. The number of aliphatic carboxylic acids is 1. The maximum absolute atomic E-state index is 10.1. The van der Waals surface area contributed by atoms with Gasteiger partial charge in [-0.2, -0.15) is 17.7 Å². The van der Waals surface area contributed by atoms with Crippen LogP contribution in [0.15, 0.2) is 0 Å². The van der Waals surface area contributed by atoms with Gasteiger partial charge in [-0.05, 0) is 0 Å². The zero-order chi connectivity index (χ0) is 7.44. The van der Waals surface area contributed by atoms with Crippen LogP contribution >= 0.6 is 12.6 Å². The molecule has 0 spiro atoms. The molecule has 1 atom stereocenters. The van der Waals surface area contributed by atoms with Gasteiger partial charge in [0, 0.05) is 12.8 Å². The molecule has 0 aromatic carbocycles. The third-order valence-corrected chi connectivity index (χ3v) is 1.25. The van der Waals surface area contributed by atoms with E-state index >= 15 is 0 Å². The van der Waals surface area contributed by atoms with Gasteiger partial charge >= 0.3 is 5.97 Å². The van der Waals surface area contributed by atoms with Crippen LogP contribution in [0.3, 0.4) is 0 Å². The summed E-state index contributed by atoms with van der Waals surface area (Å²) in [4.78, 5) is 10.1. The molecule has 0 heterocycles. The van der Waals surface area contributed by atoms with Crippen LogP contribution in [-0.2, 0) is 4.79 Å². The molecule has 0 bridgehead atoms. The fraction of sp³-hybridized carbons (Fsp3) is 0.750. The Bertz CT molecular complexity index is 106. The molecule has 0 radical (unpaired) electrons. The first-order valence-electron chi connectivity index (χ1n) is 2.35. The first-order valence-corrected chi connectivity index (χ1v) is 2.98. The second-order valence-corrected chi connectivity index (χ2v) is 1.98. The molecule has 0 fully saturated rings. The third-order valence-electron chi connectivity index (χ3n) is 0.909. The van der Waals surface area contributed by atoms with Crippen LogP contribution < -0.4 is 0 Å². The summed E-state index contributed by atoms with van der Waals surface area (Å²) in [5, 5.41) is 17.5. The quantitative estimate of drug-likeness (QED) is 0.382. The molecule has 5 heteroatoms. The number of carboxylic acids is 1. The van der Waals surface area contributed by atoms with Crippen LogP contribution in [0.2, 0.25) is 0 Å². The van der Waals surface area contributed by atoms with E-state index in [1.54, 1.807) is 0 Å². The van der Waals surface area contributed by atoms with Gasteiger partial charge < -0.3 is 10.3 Å². The van der Waals surface area contributed by atoms with Crippen molar-refractivity contribution in [2.24, 2.45) is 0 Å². The standard InChI is InChI=1S/C4H9NO3S/c1-5(8)3(2-9)4(6)7/h3,8-9H,2H2,1H3,(H,6,7)/t3-/m0/s1. The summed E-state index contributed by atoms with van der Waals surface area (Å²) < 4.78 is 0. The zero-order valence-corrected chi connectivity index (χ0v) is 5.88. The highest BCUT2D eigenvalue weighted by molar-refractivity contribution is 7.80. The molecular weight excluding hydrogens is 142 g/mol. The Morgan fingerprint density at radius 2 is 2.33 bits per heavy atom. The van der Waals surface area contributed by atoms with E-state index in [9.17, 15) is 4.79 Å². The molecule has 9 heavy (non-hydrogen) atoms. The number of nitrogens with zero attached hydrogens (tertiary/aromatic N) is 1. The van der Waals surface area contributed by atoms with E-state index in [0.717, 1.165) is 0 Å². The Balaban J connectivity index is 3.83. The van der Waals surface area contributed by atoms with E-state index < -0.39 is 12.0 Å². The van der Waals surface area contributed by atoms with Gasteiger partial charge in [0.1, 0.15) is 6.04 Å². The van der Waals surface area contributed by atoms with Crippen LogP contribution in [0.5, 0.6) is 0 Å². The number of likely N-dealkylation sites (N-methyl/N-ethyl adjacent to an activating group) is 1. The highest BCUT2D eigenvalue weighted by atomic mass is 32.1. The Morgan fingerprint density at radius 3 is 2.33 bits per heavy atom. The zero-order valence-electron chi connectivity index (χ0n) is 4.98. The average Bonchev–Trinajstić information content (AvgIpc) is 1.64. The molecule has 0 amide bonds. The highest BCUT2D eigenvalue weighted by Crippen LogP contribution is 1.94. The van der Waals surface area contributed by atoms with E-state index in [0.29, 0.717) is 5.06 Å². The minimum absolute atomic E-state index is 0.0995. The van der Waals surface area contributed by atoms with Crippen LogP contribution in [0.1, 0.15) is 0 Å². The lowest BCUT2D eigenvalue weighted by Gasteiger charge is -2.14. The van der Waals surface area contributed by atoms with Crippen molar-refractivity contribution in [3.63, 3.8) is 0 Å². The predicted molar refractivity (Wildman–Crippen MR) is 34.8 cm³/mol. The molecule has 0 aromatic rings. The maximum atomic E-state index is 10.1. The second kappa shape index (κ2) is 3.71. The number of rotatable bonds is 3. The SMILES string of the molecule is CN(O)[C@@H](CS)C(=O)O. The molecule has 0 unspecified atom stereocenters. The second-order valence-electron chi connectivity index (χ2n) is 1.61. The van der Waals surface area contributed by atoms with Gasteiger partial charge in [-0.25, -0.2) is 0 Å². The van der Waals surface area contributed by atoms with Gasteiger partial charge in [-0.1, -0.05) is 0 Å². The first kappa shape index (κ1) is 8.74. The Morgan fingerprint density at radius 1 is 1.89 bits per heavy atom. The van der Waals surface area contributed by atoms with Crippen LogP contribution in [0.4, 0.5) is 0 Å². The van der Waals surface area contributed by atoms with Gasteiger partial charge in [0.05, 0.1) is 0 Å². The molecule has 0 aliphatic heterocycles. The Hall–Kier alpha value is -0.260. The monoisotopic (exact) mass is 151 g/mol. The third kappa shape index (κ3) is 2.69. The molecule has 0 aliphatic carbocycles. The molecule has 0 aromatic heterocycles. The lowest BCUT2D eigenvalue weighted by Crippen LogP contribution is -2.37. The lowest BCUT2D eigenvalue weighted by molar-refractivity contribution is -0.159. The summed E-state index contributed by atoms with van der Waals surface area (Å²) in [5.74, 6) is -0.975. The normalized spacial score (nSPS) is 13.8. The topological polar surface area (TPSA) is 60.8 Å². The van der Waals surface area contributed by atoms with E-state index in [1.807, 2.05) is 0 Å². The van der Waals surface area contributed by atoms with Crippen molar-refractivity contribution in [2.45, 2.75) is 6.04 Å². The summed E-state index contributed by atoms with van der Waals surface area (Å²) in [6, 6.07) is -0.909. The largest absolute Gasteiger partial charge is 0.480 e. The van der Waals surface area contributed by atoms with Crippen molar-refractivity contribution in [3.05, 3.63) is 0 Å². The number of hydroxylamine groups is 2. The highest BCUT2D eigenvalue weighted by Gasteiger charge is 2.18. The van der Waals surface area contributed by atoms with Gasteiger partial charge in [0.2, 0.25) is 0 Å². The smallest absolute Gasteiger partial charge is 0.324 e. The molecule has 54 valence electrons. The van der Waals surface area contributed by atoms with Crippen molar-refractivity contribution < 1.29 is 15.1 Å². The van der Waals surface area contributed by atoms with Gasteiger partial charge in [0.25, 0.3) is 0 Å². The molecular formula is C4H9NO3S. The number of carbonyl (C=O) groups is 1. The van der Waals surface area contributed by atoms with Crippen LogP contribution in [0.25, 0.3) is 0 Å². The molecule has 4 nitrogen and oxygen atoms in total. The van der Waals surface area contributed by atoms with Gasteiger partial charge in [-0.15, -0.1) is 0 Å². The number of hydrogen-bond acceptors (Lipinski definition) is 4. The fourth-order valence-corrected chi connectivity index (χ4v) is 0.749. The van der Waals surface area contributed by atoms with E-state index in [1.165, 1.54) is 7.05 Å². The Labute approximate surface area is 58.5 Å². The maximum Gasteiger partial charge on any atom is 0.324 e. The first-order chi connectivity index (χ1) is 4.09. The molecule has 0 saturated heterocycles. The summed E-state index contributed by atoms with van der Waals surface area (Å²) in [6.07, 6.45) is 0. The Kier molecular flexibility index (Phi) is 3.60. The number of carboxylic acid groups (broad SMARTS) is 1. The molecule has 0 saturated carbocycles. The minimum atomic E-state index is -1.07. The van der Waals surface area contributed by atoms with Crippen LogP contribution in [0, 0.1) is 0 Å². The molecule has 0 rings (SSSR count).